The van der Waals surface area contributed by atoms with Gasteiger partial charge in [0.25, 0.3) is 5.91 Å². The zero-order valence-electron chi connectivity index (χ0n) is 22.5. The Morgan fingerprint density at radius 3 is 2.49 bits per heavy atom. The van der Waals surface area contributed by atoms with E-state index in [1.54, 1.807) is 31.0 Å². The standard InChI is InChI=1S/C31H33N3O5/c1-22-27(21-33(20-26-15-10-18-38-26)30(35)23-11-9-14-25(19-23)36-2)31(34(32-22)24-12-5-4-6-13-24)39-29-17-8-7-16-28(29)37-3/h4-9,11-14,16-17,19,26H,10,15,18,20-21H2,1-3H3/t26-/m0/s1. The molecule has 2 heterocycles. The van der Waals surface area contributed by atoms with Gasteiger partial charge in [-0.25, -0.2) is 4.68 Å². The topological polar surface area (TPSA) is 75.1 Å². The minimum Gasteiger partial charge on any atom is -0.497 e. The lowest BCUT2D eigenvalue weighted by molar-refractivity contribution is 0.0505. The Morgan fingerprint density at radius 2 is 1.77 bits per heavy atom. The first-order valence-corrected chi connectivity index (χ1v) is 13.1. The Morgan fingerprint density at radius 1 is 1.00 bits per heavy atom. The molecule has 0 radical (unpaired) electrons. The first kappa shape index (κ1) is 26.3. The van der Waals surface area contributed by atoms with Crippen molar-refractivity contribution >= 4 is 5.91 Å². The lowest BCUT2D eigenvalue weighted by Crippen LogP contribution is -2.37. The van der Waals surface area contributed by atoms with E-state index in [0.717, 1.165) is 29.8 Å². The number of methoxy groups -OCH3 is 2. The molecular weight excluding hydrogens is 494 g/mol. The number of nitrogens with zero attached hydrogens (tertiary/aromatic N) is 3. The number of carbonyl (C=O) groups excluding carboxylic acids is 1. The summed E-state index contributed by atoms with van der Waals surface area (Å²) in [6.45, 7) is 3.39. The van der Waals surface area contributed by atoms with Gasteiger partial charge in [0.2, 0.25) is 5.88 Å². The highest BCUT2D eigenvalue weighted by molar-refractivity contribution is 5.94. The Hall–Kier alpha value is -4.30. The van der Waals surface area contributed by atoms with Crippen LogP contribution in [0.15, 0.2) is 78.9 Å². The Bertz CT molecular complexity index is 1410. The summed E-state index contributed by atoms with van der Waals surface area (Å²) < 4.78 is 25.1. The number of hydrogen-bond donors (Lipinski definition) is 0. The zero-order chi connectivity index (χ0) is 27.2. The maximum atomic E-state index is 13.9. The van der Waals surface area contributed by atoms with Crippen LogP contribution in [0, 0.1) is 6.92 Å². The van der Waals surface area contributed by atoms with Crippen LogP contribution in [0.4, 0.5) is 0 Å². The van der Waals surface area contributed by atoms with Crippen LogP contribution in [0.2, 0.25) is 0 Å². The SMILES string of the molecule is COc1cccc(C(=O)N(Cc2c(C)nn(-c3ccccc3)c2Oc2ccccc2OC)C[C@@H]2CCCO2)c1. The monoisotopic (exact) mass is 527 g/mol. The molecule has 0 aliphatic carbocycles. The van der Waals surface area contributed by atoms with Gasteiger partial charge in [0.15, 0.2) is 11.5 Å². The third-order valence-electron chi connectivity index (χ3n) is 6.81. The lowest BCUT2D eigenvalue weighted by Gasteiger charge is -2.26. The molecule has 1 fully saturated rings. The first-order valence-electron chi connectivity index (χ1n) is 13.1. The second-order valence-corrected chi connectivity index (χ2v) is 9.42. The van der Waals surface area contributed by atoms with Crippen molar-refractivity contribution in [3.05, 3.63) is 95.7 Å². The molecule has 1 aliphatic rings. The van der Waals surface area contributed by atoms with Gasteiger partial charge in [0, 0.05) is 18.7 Å². The maximum Gasteiger partial charge on any atom is 0.254 e. The number of aryl methyl sites for hydroxylation is 1. The van der Waals surface area contributed by atoms with E-state index in [2.05, 4.69) is 0 Å². The number of amides is 1. The molecule has 1 amide bonds. The van der Waals surface area contributed by atoms with Gasteiger partial charge in [-0.05, 0) is 62.2 Å². The molecule has 1 saturated heterocycles. The summed E-state index contributed by atoms with van der Waals surface area (Å²) in [7, 11) is 3.20. The van der Waals surface area contributed by atoms with Gasteiger partial charge in [-0.3, -0.25) is 4.79 Å². The van der Waals surface area contributed by atoms with Crippen LogP contribution in [-0.2, 0) is 11.3 Å². The van der Waals surface area contributed by atoms with Crippen LogP contribution in [-0.4, -0.2) is 54.1 Å². The van der Waals surface area contributed by atoms with Crippen LogP contribution in [0.3, 0.4) is 0 Å². The highest BCUT2D eigenvalue weighted by atomic mass is 16.5. The second-order valence-electron chi connectivity index (χ2n) is 9.42. The number of rotatable bonds is 10. The molecule has 5 rings (SSSR count). The summed E-state index contributed by atoms with van der Waals surface area (Å²) >= 11 is 0. The summed E-state index contributed by atoms with van der Waals surface area (Å²) in [6, 6.07) is 24.5. The van der Waals surface area contributed by atoms with E-state index in [-0.39, 0.29) is 12.0 Å². The molecule has 0 N–H and O–H groups in total. The van der Waals surface area contributed by atoms with Crippen LogP contribution in [0.25, 0.3) is 5.69 Å². The molecule has 0 unspecified atom stereocenters. The predicted molar refractivity (Wildman–Crippen MR) is 148 cm³/mol. The van der Waals surface area contributed by atoms with E-state index in [0.29, 0.717) is 48.4 Å². The minimum absolute atomic E-state index is 0.0254. The van der Waals surface area contributed by atoms with Crippen LogP contribution in [0.5, 0.6) is 23.1 Å². The largest absolute Gasteiger partial charge is 0.497 e. The van der Waals surface area contributed by atoms with Crippen molar-refractivity contribution in [2.45, 2.75) is 32.4 Å². The van der Waals surface area contributed by atoms with Gasteiger partial charge in [-0.1, -0.05) is 36.4 Å². The Balaban J connectivity index is 1.56. The number of carbonyl (C=O) groups is 1. The average Bonchev–Trinajstić information content (AvgIpc) is 3.61. The van der Waals surface area contributed by atoms with Crippen LogP contribution >= 0.6 is 0 Å². The van der Waals surface area contributed by atoms with E-state index in [1.807, 2.05) is 78.6 Å². The third kappa shape index (κ3) is 5.91. The van der Waals surface area contributed by atoms with Gasteiger partial charge in [-0.15, -0.1) is 0 Å². The zero-order valence-corrected chi connectivity index (χ0v) is 22.5. The van der Waals surface area contributed by atoms with E-state index in [9.17, 15) is 4.79 Å². The molecule has 8 nitrogen and oxygen atoms in total. The molecule has 0 bridgehead atoms. The molecule has 0 spiro atoms. The van der Waals surface area contributed by atoms with Gasteiger partial charge in [0.1, 0.15) is 5.75 Å². The second kappa shape index (κ2) is 12.0. The van der Waals surface area contributed by atoms with Crippen molar-refractivity contribution < 1.29 is 23.7 Å². The van der Waals surface area contributed by atoms with E-state index in [1.165, 1.54) is 0 Å². The number of ether oxygens (including phenoxy) is 4. The van der Waals surface area contributed by atoms with Crippen molar-refractivity contribution in [2.24, 2.45) is 0 Å². The van der Waals surface area contributed by atoms with Gasteiger partial charge >= 0.3 is 0 Å². The van der Waals surface area contributed by atoms with Gasteiger partial charge < -0.3 is 23.8 Å². The first-order chi connectivity index (χ1) is 19.1. The fourth-order valence-electron chi connectivity index (χ4n) is 4.76. The molecule has 3 aromatic carbocycles. The normalized spacial score (nSPS) is 14.7. The fraction of sp³-hybridized carbons (Fsp3) is 0.290. The predicted octanol–water partition coefficient (Wildman–Crippen LogP) is 5.81. The van der Waals surface area contributed by atoms with Crippen molar-refractivity contribution in [3.8, 4) is 28.8 Å². The molecule has 1 aromatic heterocycles. The fourth-order valence-corrected chi connectivity index (χ4v) is 4.76. The average molecular weight is 528 g/mol. The van der Waals surface area contributed by atoms with Crippen molar-refractivity contribution in [3.63, 3.8) is 0 Å². The van der Waals surface area contributed by atoms with Crippen molar-refractivity contribution in [2.75, 3.05) is 27.4 Å². The Kier molecular flexibility index (Phi) is 8.13. The molecule has 0 saturated carbocycles. The summed E-state index contributed by atoms with van der Waals surface area (Å²) in [5.74, 6) is 2.21. The molecule has 4 aromatic rings. The molecular formula is C31H33N3O5. The van der Waals surface area contributed by atoms with Gasteiger partial charge in [0.05, 0.1) is 43.8 Å². The van der Waals surface area contributed by atoms with Crippen LogP contribution in [0.1, 0.15) is 34.5 Å². The van der Waals surface area contributed by atoms with E-state index >= 15 is 0 Å². The highest BCUT2D eigenvalue weighted by Crippen LogP contribution is 2.36. The Labute approximate surface area is 228 Å². The third-order valence-corrected chi connectivity index (χ3v) is 6.81. The molecule has 1 aliphatic heterocycles. The molecule has 1 atom stereocenters. The van der Waals surface area contributed by atoms with E-state index in [4.69, 9.17) is 24.0 Å². The minimum atomic E-state index is -0.112. The summed E-state index contributed by atoms with van der Waals surface area (Å²) in [5, 5.41) is 4.84. The highest BCUT2D eigenvalue weighted by Gasteiger charge is 2.28. The van der Waals surface area contributed by atoms with Crippen LogP contribution < -0.4 is 14.2 Å². The summed E-state index contributed by atoms with van der Waals surface area (Å²) in [4.78, 5) is 15.7. The summed E-state index contributed by atoms with van der Waals surface area (Å²) in [5.41, 5.74) is 2.97. The number of para-hydroxylation sites is 3. The number of benzene rings is 3. The van der Waals surface area contributed by atoms with Gasteiger partial charge in [-0.2, -0.15) is 5.10 Å². The number of aromatic nitrogens is 2. The smallest absolute Gasteiger partial charge is 0.254 e. The molecule has 39 heavy (non-hydrogen) atoms. The van der Waals surface area contributed by atoms with Crippen molar-refractivity contribution in [1.29, 1.82) is 0 Å². The number of hydrogen-bond acceptors (Lipinski definition) is 6. The summed E-state index contributed by atoms with van der Waals surface area (Å²) in [6.07, 6.45) is 1.87. The van der Waals surface area contributed by atoms with Crippen molar-refractivity contribution in [1.82, 2.24) is 14.7 Å². The van der Waals surface area contributed by atoms with E-state index < -0.39 is 0 Å². The maximum absolute atomic E-state index is 13.9. The molecule has 202 valence electrons. The quantitative estimate of drug-likeness (QED) is 0.259. The lowest BCUT2D eigenvalue weighted by atomic mass is 10.1. The molecule has 8 heteroatoms.